The van der Waals surface area contributed by atoms with Crippen molar-refractivity contribution in [2.45, 2.75) is 70.9 Å². The van der Waals surface area contributed by atoms with Crippen molar-refractivity contribution in [3.8, 4) is 0 Å². The average Bonchev–Trinajstić information content (AvgIpc) is 2.28. The van der Waals surface area contributed by atoms with Crippen LogP contribution in [0.15, 0.2) is 0 Å². The lowest BCUT2D eigenvalue weighted by molar-refractivity contribution is -0.138. The molecule has 106 valence electrons. The summed E-state index contributed by atoms with van der Waals surface area (Å²) < 4.78 is 37.1. The zero-order chi connectivity index (χ0) is 13.2. The van der Waals surface area contributed by atoms with Crippen molar-refractivity contribution in [2.75, 3.05) is 0 Å². The maximum absolute atomic E-state index is 12.4. The molecule has 0 aromatic rings. The molecule has 0 amide bonds. The van der Waals surface area contributed by atoms with E-state index in [-0.39, 0.29) is 0 Å². The first-order valence-corrected chi connectivity index (χ1v) is 7.51. The van der Waals surface area contributed by atoms with Gasteiger partial charge < -0.3 is 0 Å². The molecule has 0 aromatic carbocycles. The van der Waals surface area contributed by atoms with Gasteiger partial charge in [-0.25, -0.2) is 0 Å². The molecule has 0 bridgehead atoms. The molecule has 3 heteroatoms. The molecule has 0 aliphatic heterocycles. The third-order valence-corrected chi connectivity index (χ3v) is 5.05. The van der Waals surface area contributed by atoms with Gasteiger partial charge in [-0.15, -0.1) is 0 Å². The molecule has 0 spiro atoms. The van der Waals surface area contributed by atoms with Gasteiger partial charge in [-0.1, -0.05) is 26.2 Å². The van der Waals surface area contributed by atoms with E-state index in [2.05, 4.69) is 6.92 Å². The van der Waals surface area contributed by atoms with Crippen molar-refractivity contribution in [3.05, 3.63) is 0 Å². The van der Waals surface area contributed by atoms with Crippen molar-refractivity contribution in [2.24, 2.45) is 23.7 Å². The Morgan fingerprint density at radius 2 is 1.67 bits per heavy atom. The second-order valence-corrected chi connectivity index (χ2v) is 6.62. The Morgan fingerprint density at radius 1 is 0.944 bits per heavy atom. The SMILES string of the molecule is C[C@H]1CCCC2CCC2CC(CCC(F)(F)F)C1. The van der Waals surface area contributed by atoms with Gasteiger partial charge in [0.15, 0.2) is 0 Å². The second-order valence-electron chi connectivity index (χ2n) is 6.62. The Balaban J connectivity index is 1.88. The van der Waals surface area contributed by atoms with Crippen molar-refractivity contribution in [1.29, 1.82) is 0 Å². The number of fused-ring (bicyclic) bond motifs is 1. The van der Waals surface area contributed by atoms with Crippen molar-refractivity contribution in [3.63, 3.8) is 0 Å². The minimum Gasteiger partial charge on any atom is -0.171 e. The summed E-state index contributed by atoms with van der Waals surface area (Å²) in [6.45, 7) is 2.22. The van der Waals surface area contributed by atoms with Crippen LogP contribution >= 0.6 is 0 Å². The zero-order valence-corrected chi connectivity index (χ0v) is 11.3. The van der Waals surface area contributed by atoms with Gasteiger partial charge in [0.25, 0.3) is 0 Å². The lowest BCUT2D eigenvalue weighted by atomic mass is 9.67. The van der Waals surface area contributed by atoms with Crippen molar-refractivity contribution in [1.82, 2.24) is 0 Å². The smallest absolute Gasteiger partial charge is 0.171 e. The predicted octanol–water partition coefficient (Wildman–Crippen LogP) is 5.57. The van der Waals surface area contributed by atoms with E-state index in [1.165, 1.54) is 32.1 Å². The Labute approximate surface area is 108 Å². The van der Waals surface area contributed by atoms with Crippen LogP contribution in [0, 0.1) is 23.7 Å². The molecule has 4 atom stereocenters. The van der Waals surface area contributed by atoms with Gasteiger partial charge in [-0.2, -0.15) is 13.2 Å². The van der Waals surface area contributed by atoms with Crippen LogP contribution in [0.3, 0.4) is 0 Å². The fraction of sp³-hybridized carbons (Fsp3) is 1.00. The zero-order valence-electron chi connectivity index (χ0n) is 11.3. The molecule has 18 heavy (non-hydrogen) atoms. The minimum atomic E-state index is -3.97. The summed E-state index contributed by atoms with van der Waals surface area (Å²) in [5, 5.41) is 0. The number of rotatable bonds is 2. The van der Waals surface area contributed by atoms with Crippen LogP contribution in [-0.4, -0.2) is 6.18 Å². The number of hydrogen-bond acceptors (Lipinski definition) is 0. The molecule has 3 unspecified atom stereocenters. The van der Waals surface area contributed by atoms with Gasteiger partial charge >= 0.3 is 6.18 Å². The van der Waals surface area contributed by atoms with Crippen LogP contribution in [0.25, 0.3) is 0 Å². The average molecular weight is 262 g/mol. The summed E-state index contributed by atoms with van der Waals surface area (Å²) in [7, 11) is 0. The predicted molar refractivity (Wildman–Crippen MR) is 67.2 cm³/mol. The lowest BCUT2D eigenvalue weighted by Gasteiger charge is -2.38. The van der Waals surface area contributed by atoms with Gasteiger partial charge in [0, 0.05) is 6.42 Å². The van der Waals surface area contributed by atoms with Crippen LogP contribution in [0.2, 0.25) is 0 Å². The summed E-state index contributed by atoms with van der Waals surface area (Å²) >= 11 is 0. The molecule has 2 rings (SSSR count). The lowest BCUT2D eigenvalue weighted by Crippen LogP contribution is -2.28. The molecular formula is C15H25F3. The molecule has 0 N–H and O–H groups in total. The van der Waals surface area contributed by atoms with Gasteiger partial charge in [0.2, 0.25) is 0 Å². The van der Waals surface area contributed by atoms with Gasteiger partial charge in [-0.3, -0.25) is 0 Å². The van der Waals surface area contributed by atoms with Gasteiger partial charge in [-0.05, 0) is 55.8 Å². The van der Waals surface area contributed by atoms with E-state index in [1.807, 2.05) is 0 Å². The normalized spacial score (nSPS) is 38.0. The Kier molecular flexibility index (Phi) is 4.60. The van der Waals surface area contributed by atoms with Crippen molar-refractivity contribution >= 4 is 0 Å². The largest absolute Gasteiger partial charge is 0.389 e. The summed E-state index contributed by atoms with van der Waals surface area (Å²) in [6, 6.07) is 0. The molecule has 2 aliphatic carbocycles. The molecule has 0 heterocycles. The Hall–Kier alpha value is -0.210. The number of hydrogen-bond donors (Lipinski definition) is 0. The van der Waals surface area contributed by atoms with Crippen LogP contribution < -0.4 is 0 Å². The summed E-state index contributed by atoms with van der Waals surface area (Å²) in [6.07, 6.45) is 4.29. The topological polar surface area (TPSA) is 0 Å². The molecule has 2 fully saturated rings. The molecule has 0 saturated heterocycles. The third-order valence-electron chi connectivity index (χ3n) is 5.05. The monoisotopic (exact) mass is 262 g/mol. The minimum absolute atomic E-state index is 0.313. The highest BCUT2D eigenvalue weighted by Crippen LogP contribution is 2.45. The van der Waals surface area contributed by atoms with Gasteiger partial charge in [0.05, 0.1) is 0 Å². The first kappa shape index (κ1) is 14.2. The first-order chi connectivity index (χ1) is 8.44. The molecule has 0 aromatic heterocycles. The van der Waals surface area contributed by atoms with Crippen LogP contribution in [0.5, 0.6) is 0 Å². The van der Waals surface area contributed by atoms with Crippen LogP contribution in [0.4, 0.5) is 13.2 Å². The molecular weight excluding hydrogens is 237 g/mol. The van der Waals surface area contributed by atoms with Crippen LogP contribution in [-0.2, 0) is 0 Å². The van der Waals surface area contributed by atoms with E-state index < -0.39 is 12.6 Å². The maximum atomic E-state index is 12.4. The molecule has 2 aliphatic rings. The highest BCUT2D eigenvalue weighted by Gasteiger charge is 2.35. The molecule has 2 saturated carbocycles. The Bertz CT molecular complexity index is 259. The van der Waals surface area contributed by atoms with E-state index >= 15 is 0 Å². The van der Waals surface area contributed by atoms with E-state index in [0.717, 1.165) is 24.7 Å². The fourth-order valence-electron chi connectivity index (χ4n) is 3.87. The summed E-state index contributed by atoms with van der Waals surface area (Å²) in [5.41, 5.74) is 0. The number of halogens is 3. The van der Waals surface area contributed by atoms with E-state index in [9.17, 15) is 13.2 Å². The summed E-state index contributed by atoms with van der Waals surface area (Å²) in [4.78, 5) is 0. The van der Waals surface area contributed by atoms with E-state index in [0.29, 0.717) is 18.3 Å². The number of alkyl halides is 3. The molecule has 0 nitrogen and oxygen atoms in total. The van der Waals surface area contributed by atoms with Crippen molar-refractivity contribution < 1.29 is 13.2 Å². The summed E-state index contributed by atoms with van der Waals surface area (Å²) in [5.74, 6) is 2.51. The van der Waals surface area contributed by atoms with Gasteiger partial charge in [0.1, 0.15) is 0 Å². The maximum Gasteiger partial charge on any atom is 0.389 e. The Morgan fingerprint density at radius 3 is 2.28 bits per heavy atom. The third kappa shape index (κ3) is 4.17. The standard InChI is InChI=1S/C15H25F3/c1-11-3-2-4-13-5-6-14(13)10-12(9-11)7-8-15(16,17)18/h11-14H,2-10H2,1H3/t11-,12?,13?,14?/m0/s1. The van der Waals surface area contributed by atoms with E-state index in [1.54, 1.807) is 0 Å². The van der Waals surface area contributed by atoms with Crippen LogP contribution in [0.1, 0.15) is 64.7 Å². The quantitative estimate of drug-likeness (QED) is 0.610. The highest BCUT2D eigenvalue weighted by atomic mass is 19.4. The first-order valence-electron chi connectivity index (χ1n) is 7.51. The van der Waals surface area contributed by atoms with E-state index in [4.69, 9.17) is 0 Å². The fourth-order valence-corrected chi connectivity index (χ4v) is 3.87. The molecule has 0 radical (unpaired) electrons. The second kappa shape index (κ2) is 5.83. The highest BCUT2D eigenvalue weighted by molar-refractivity contribution is 4.84.